The van der Waals surface area contributed by atoms with E-state index in [2.05, 4.69) is 0 Å². The summed E-state index contributed by atoms with van der Waals surface area (Å²) in [6.45, 7) is 3.77. The van der Waals surface area contributed by atoms with Crippen molar-refractivity contribution in [1.82, 2.24) is 0 Å². The summed E-state index contributed by atoms with van der Waals surface area (Å²) in [5, 5.41) is 8.96. The molecule has 2 saturated carbocycles. The van der Waals surface area contributed by atoms with E-state index >= 15 is 0 Å². The molecule has 0 radical (unpaired) electrons. The van der Waals surface area contributed by atoms with Gasteiger partial charge in [0.25, 0.3) is 0 Å². The normalized spacial score (nSPS) is 37.1. The Bertz CT molecular complexity index is 303. The Hall–Kier alpha value is -0.790. The van der Waals surface area contributed by atoms with Gasteiger partial charge in [0, 0.05) is 5.57 Å². The molecule has 2 unspecified atom stereocenters. The Morgan fingerprint density at radius 3 is 2.64 bits per heavy atom. The van der Waals surface area contributed by atoms with Crippen molar-refractivity contribution >= 4 is 5.97 Å². The monoisotopic (exact) mass is 194 g/mol. The van der Waals surface area contributed by atoms with Gasteiger partial charge in [0.05, 0.1) is 0 Å². The highest BCUT2D eigenvalue weighted by Crippen LogP contribution is 2.65. The van der Waals surface area contributed by atoms with E-state index in [0.717, 1.165) is 11.5 Å². The zero-order chi connectivity index (χ0) is 10.3. The predicted octanol–water partition coefficient (Wildman–Crippen LogP) is 2.99. The molecule has 2 rings (SSSR count). The van der Waals surface area contributed by atoms with E-state index in [1.54, 1.807) is 6.92 Å². The van der Waals surface area contributed by atoms with E-state index in [1.807, 2.05) is 6.92 Å². The SMILES string of the molecule is CC(C(=O)O)=C(C)C12CCCCC1C2. The molecule has 0 saturated heterocycles. The summed E-state index contributed by atoms with van der Waals surface area (Å²) < 4.78 is 0. The number of allylic oxidation sites excluding steroid dienone is 1. The van der Waals surface area contributed by atoms with Crippen LogP contribution in [-0.4, -0.2) is 11.1 Å². The third-order valence-electron chi connectivity index (χ3n) is 4.29. The first kappa shape index (κ1) is 9.75. The van der Waals surface area contributed by atoms with Gasteiger partial charge < -0.3 is 5.11 Å². The Morgan fingerprint density at radius 2 is 2.07 bits per heavy atom. The minimum absolute atomic E-state index is 0.306. The average Bonchev–Trinajstić information content (AvgIpc) is 2.90. The summed E-state index contributed by atoms with van der Waals surface area (Å²) in [5.41, 5.74) is 2.03. The highest BCUT2D eigenvalue weighted by molar-refractivity contribution is 5.87. The van der Waals surface area contributed by atoms with E-state index in [4.69, 9.17) is 5.11 Å². The van der Waals surface area contributed by atoms with Crippen molar-refractivity contribution in [3.63, 3.8) is 0 Å². The Labute approximate surface area is 85.0 Å². The van der Waals surface area contributed by atoms with Crippen molar-refractivity contribution in [3.8, 4) is 0 Å². The largest absolute Gasteiger partial charge is 0.478 e. The molecule has 0 spiro atoms. The lowest BCUT2D eigenvalue weighted by Crippen LogP contribution is -2.14. The highest BCUT2D eigenvalue weighted by atomic mass is 16.4. The molecule has 0 heterocycles. The maximum Gasteiger partial charge on any atom is 0.331 e. The lowest BCUT2D eigenvalue weighted by atomic mass is 9.81. The van der Waals surface area contributed by atoms with Gasteiger partial charge in [-0.15, -0.1) is 0 Å². The van der Waals surface area contributed by atoms with Crippen LogP contribution in [0.4, 0.5) is 0 Å². The van der Waals surface area contributed by atoms with Crippen LogP contribution in [0.25, 0.3) is 0 Å². The first-order valence-corrected chi connectivity index (χ1v) is 5.49. The zero-order valence-electron chi connectivity index (χ0n) is 8.97. The molecule has 0 bridgehead atoms. The number of rotatable bonds is 2. The number of carboxylic acids is 1. The molecule has 0 amide bonds. The van der Waals surface area contributed by atoms with Crippen molar-refractivity contribution in [2.75, 3.05) is 0 Å². The quantitative estimate of drug-likeness (QED) is 0.686. The molecule has 2 atom stereocenters. The first-order chi connectivity index (χ1) is 6.58. The molecular weight excluding hydrogens is 176 g/mol. The molecule has 0 aliphatic heterocycles. The number of hydrogen-bond acceptors (Lipinski definition) is 1. The fourth-order valence-corrected chi connectivity index (χ4v) is 3.08. The van der Waals surface area contributed by atoms with Crippen LogP contribution < -0.4 is 0 Å². The molecule has 2 fully saturated rings. The average molecular weight is 194 g/mol. The fourth-order valence-electron chi connectivity index (χ4n) is 3.08. The smallest absolute Gasteiger partial charge is 0.331 e. The number of carbonyl (C=O) groups is 1. The van der Waals surface area contributed by atoms with Gasteiger partial charge in [-0.3, -0.25) is 0 Å². The third kappa shape index (κ3) is 1.28. The predicted molar refractivity (Wildman–Crippen MR) is 55.0 cm³/mol. The molecule has 0 aromatic carbocycles. The second-order valence-corrected chi connectivity index (χ2v) is 4.86. The molecule has 0 aromatic heterocycles. The van der Waals surface area contributed by atoms with Gasteiger partial charge in [-0.2, -0.15) is 0 Å². The summed E-state index contributed by atoms with van der Waals surface area (Å²) in [5.74, 6) is 0.0543. The highest BCUT2D eigenvalue weighted by Gasteiger charge is 2.56. The van der Waals surface area contributed by atoms with Crippen LogP contribution in [-0.2, 0) is 4.79 Å². The second kappa shape index (κ2) is 3.11. The van der Waals surface area contributed by atoms with E-state index in [-0.39, 0.29) is 0 Å². The van der Waals surface area contributed by atoms with Gasteiger partial charge in [-0.25, -0.2) is 4.79 Å². The van der Waals surface area contributed by atoms with Crippen LogP contribution in [0, 0.1) is 11.3 Å². The van der Waals surface area contributed by atoms with Gasteiger partial charge in [0.2, 0.25) is 0 Å². The van der Waals surface area contributed by atoms with Crippen molar-refractivity contribution < 1.29 is 9.90 Å². The van der Waals surface area contributed by atoms with Crippen LogP contribution >= 0.6 is 0 Å². The van der Waals surface area contributed by atoms with Crippen LogP contribution in [0.3, 0.4) is 0 Å². The van der Waals surface area contributed by atoms with Crippen LogP contribution in [0.1, 0.15) is 46.0 Å². The minimum Gasteiger partial charge on any atom is -0.478 e. The lowest BCUT2D eigenvalue weighted by molar-refractivity contribution is -0.132. The fraction of sp³-hybridized carbons (Fsp3) is 0.750. The van der Waals surface area contributed by atoms with Crippen LogP contribution in [0.2, 0.25) is 0 Å². The number of fused-ring (bicyclic) bond motifs is 1. The van der Waals surface area contributed by atoms with Crippen molar-refractivity contribution in [2.45, 2.75) is 46.0 Å². The molecule has 2 aliphatic rings. The minimum atomic E-state index is -0.743. The van der Waals surface area contributed by atoms with Gasteiger partial charge in [-0.05, 0) is 44.4 Å². The Morgan fingerprint density at radius 1 is 1.36 bits per heavy atom. The van der Waals surface area contributed by atoms with E-state index in [0.29, 0.717) is 11.0 Å². The molecule has 14 heavy (non-hydrogen) atoms. The number of hydrogen-bond donors (Lipinski definition) is 1. The summed E-state index contributed by atoms with van der Waals surface area (Å²) in [7, 11) is 0. The third-order valence-corrected chi connectivity index (χ3v) is 4.29. The second-order valence-electron chi connectivity index (χ2n) is 4.86. The molecule has 78 valence electrons. The topological polar surface area (TPSA) is 37.3 Å². The van der Waals surface area contributed by atoms with Gasteiger partial charge in [-0.1, -0.05) is 18.4 Å². The molecular formula is C12H18O2. The van der Waals surface area contributed by atoms with Crippen LogP contribution in [0.5, 0.6) is 0 Å². The number of carboxylic acid groups (broad SMARTS) is 1. The van der Waals surface area contributed by atoms with E-state index in [9.17, 15) is 4.79 Å². The zero-order valence-corrected chi connectivity index (χ0v) is 8.97. The van der Waals surface area contributed by atoms with Crippen molar-refractivity contribution in [3.05, 3.63) is 11.1 Å². The maximum atomic E-state index is 10.9. The maximum absolute atomic E-state index is 10.9. The molecule has 2 nitrogen and oxygen atoms in total. The van der Waals surface area contributed by atoms with Crippen LogP contribution in [0.15, 0.2) is 11.1 Å². The summed E-state index contributed by atoms with van der Waals surface area (Å²) in [4.78, 5) is 10.9. The van der Waals surface area contributed by atoms with Gasteiger partial charge in [0.15, 0.2) is 0 Å². The Kier molecular flexibility index (Phi) is 2.17. The number of aliphatic carboxylic acids is 1. The standard InChI is InChI=1S/C12H18O2/c1-8(11(13)14)9(2)12-6-4-3-5-10(12)7-12/h10H,3-7H2,1-2H3,(H,13,14). The van der Waals surface area contributed by atoms with Crippen molar-refractivity contribution in [1.29, 1.82) is 0 Å². The van der Waals surface area contributed by atoms with Crippen molar-refractivity contribution in [2.24, 2.45) is 11.3 Å². The first-order valence-electron chi connectivity index (χ1n) is 5.49. The molecule has 0 aromatic rings. The molecule has 1 N–H and O–H groups in total. The molecule has 2 aliphatic carbocycles. The lowest BCUT2D eigenvalue weighted by Gasteiger charge is -2.23. The van der Waals surface area contributed by atoms with E-state index in [1.165, 1.54) is 32.1 Å². The Balaban J connectivity index is 2.23. The van der Waals surface area contributed by atoms with Gasteiger partial charge >= 0.3 is 5.97 Å². The molecule has 2 heteroatoms. The summed E-state index contributed by atoms with van der Waals surface area (Å²) in [6, 6.07) is 0. The van der Waals surface area contributed by atoms with E-state index < -0.39 is 5.97 Å². The summed E-state index contributed by atoms with van der Waals surface area (Å²) >= 11 is 0. The summed E-state index contributed by atoms with van der Waals surface area (Å²) in [6.07, 6.45) is 6.38. The van der Waals surface area contributed by atoms with Gasteiger partial charge in [0.1, 0.15) is 0 Å².